The van der Waals surface area contributed by atoms with Crippen molar-refractivity contribution in [3.63, 3.8) is 0 Å². The van der Waals surface area contributed by atoms with Crippen LogP contribution in [0.3, 0.4) is 0 Å². The van der Waals surface area contributed by atoms with Gasteiger partial charge in [0.2, 0.25) is 0 Å². The van der Waals surface area contributed by atoms with Crippen LogP contribution in [0.25, 0.3) is 0 Å². The highest BCUT2D eigenvalue weighted by molar-refractivity contribution is 5.95. The number of carbonyl (C=O) groups is 1. The van der Waals surface area contributed by atoms with Crippen molar-refractivity contribution in [2.45, 2.75) is 32.4 Å². The van der Waals surface area contributed by atoms with Crippen LogP contribution in [0.5, 0.6) is 0 Å². The summed E-state index contributed by atoms with van der Waals surface area (Å²) >= 11 is 0. The van der Waals surface area contributed by atoms with E-state index in [-0.39, 0.29) is 5.91 Å². The Morgan fingerprint density at radius 3 is 3.00 bits per heavy atom. The van der Waals surface area contributed by atoms with E-state index in [9.17, 15) is 9.90 Å². The number of hydrogen-bond acceptors (Lipinski definition) is 4. The number of aliphatic hydroxyl groups is 1. The maximum atomic E-state index is 12.6. The number of rotatable bonds is 4. The molecular weight excluding hydrogens is 304 g/mol. The largest absolute Gasteiger partial charge is 0.391 e. The summed E-state index contributed by atoms with van der Waals surface area (Å²) in [6, 6.07) is 7.53. The molecule has 1 fully saturated rings. The summed E-state index contributed by atoms with van der Waals surface area (Å²) in [5.41, 5.74) is 3.81. The number of aliphatic hydroxyl groups excluding tert-OH is 1. The molecule has 1 unspecified atom stereocenters. The summed E-state index contributed by atoms with van der Waals surface area (Å²) in [7, 11) is 1.92. The molecule has 1 aliphatic heterocycles. The molecule has 0 aliphatic carbocycles. The number of piperidine rings is 1. The van der Waals surface area contributed by atoms with Gasteiger partial charge in [0.1, 0.15) is 0 Å². The predicted octanol–water partition coefficient (Wildman–Crippen LogP) is 1.94. The van der Waals surface area contributed by atoms with E-state index in [0.29, 0.717) is 25.2 Å². The molecule has 6 nitrogen and oxygen atoms in total. The molecule has 0 radical (unpaired) electrons. The van der Waals surface area contributed by atoms with E-state index in [1.807, 2.05) is 49.1 Å². The van der Waals surface area contributed by atoms with E-state index in [2.05, 4.69) is 10.4 Å². The normalized spacial score (nSPS) is 17.8. The fraction of sp³-hybridized carbons (Fsp3) is 0.444. The van der Waals surface area contributed by atoms with E-state index in [4.69, 9.17) is 0 Å². The number of nitrogens with zero attached hydrogens (tertiary/aromatic N) is 3. The van der Waals surface area contributed by atoms with Gasteiger partial charge in [0.15, 0.2) is 0 Å². The quantitative estimate of drug-likeness (QED) is 0.900. The highest BCUT2D eigenvalue weighted by Gasteiger charge is 2.23. The molecule has 6 heteroatoms. The zero-order chi connectivity index (χ0) is 17.1. The van der Waals surface area contributed by atoms with E-state index in [1.54, 1.807) is 4.90 Å². The van der Waals surface area contributed by atoms with Gasteiger partial charge >= 0.3 is 0 Å². The standard InChI is InChI=1S/C18H24N4O2/c1-13-15(11-20-21(13)2)10-19-16-6-3-5-14(9-16)18(24)22-8-4-7-17(23)12-22/h3,5-6,9,11,17,19,23H,4,7-8,10,12H2,1-2H3. The van der Waals surface area contributed by atoms with E-state index >= 15 is 0 Å². The number of amides is 1. The third-order valence-corrected chi connectivity index (χ3v) is 4.61. The number of benzene rings is 1. The van der Waals surface area contributed by atoms with Gasteiger partial charge in [-0.2, -0.15) is 5.10 Å². The van der Waals surface area contributed by atoms with Crippen molar-refractivity contribution in [3.05, 3.63) is 47.3 Å². The Bertz CT molecular complexity index is 726. The first-order valence-corrected chi connectivity index (χ1v) is 8.33. The average Bonchev–Trinajstić information content (AvgIpc) is 2.91. The number of anilines is 1. The Labute approximate surface area is 142 Å². The molecular formula is C18H24N4O2. The van der Waals surface area contributed by atoms with E-state index in [1.165, 1.54) is 0 Å². The number of β-amino-alcohol motifs (C(OH)–C–C–N with tert-alkyl or cyclic N) is 1. The van der Waals surface area contributed by atoms with Crippen LogP contribution in [0.4, 0.5) is 5.69 Å². The fourth-order valence-corrected chi connectivity index (χ4v) is 3.00. The van der Waals surface area contributed by atoms with Gasteiger partial charge in [0.05, 0.1) is 12.3 Å². The van der Waals surface area contributed by atoms with Gasteiger partial charge in [0, 0.05) is 49.2 Å². The first-order valence-electron chi connectivity index (χ1n) is 8.33. The molecule has 3 rings (SSSR count). The van der Waals surface area contributed by atoms with Crippen LogP contribution < -0.4 is 5.32 Å². The summed E-state index contributed by atoms with van der Waals surface area (Å²) in [6.45, 7) is 3.83. The van der Waals surface area contributed by atoms with Crippen molar-refractivity contribution in [1.29, 1.82) is 0 Å². The van der Waals surface area contributed by atoms with Gasteiger partial charge in [-0.1, -0.05) is 6.07 Å². The Morgan fingerprint density at radius 1 is 1.46 bits per heavy atom. The average molecular weight is 328 g/mol. The minimum absolute atomic E-state index is 0.0186. The molecule has 0 spiro atoms. The van der Waals surface area contributed by atoms with Crippen LogP contribution in [0.2, 0.25) is 0 Å². The van der Waals surface area contributed by atoms with Crippen molar-refractivity contribution in [3.8, 4) is 0 Å². The number of likely N-dealkylation sites (tertiary alicyclic amines) is 1. The Hall–Kier alpha value is -2.34. The molecule has 2 N–H and O–H groups in total. The molecule has 1 aromatic heterocycles. The van der Waals surface area contributed by atoms with Gasteiger partial charge < -0.3 is 15.3 Å². The first-order chi connectivity index (χ1) is 11.5. The Balaban J connectivity index is 1.67. The van der Waals surface area contributed by atoms with Crippen molar-refractivity contribution in [1.82, 2.24) is 14.7 Å². The molecule has 2 heterocycles. The molecule has 1 aliphatic rings. The summed E-state index contributed by atoms with van der Waals surface area (Å²) < 4.78 is 1.85. The zero-order valence-electron chi connectivity index (χ0n) is 14.2. The molecule has 2 aromatic rings. The molecule has 1 aromatic carbocycles. The lowest BCUT2D eigenvalue weighted by molar-refractivity contribution is 0.0474. The van der Waals surface area contributed by atoms with Crippen molar-refractivity contribution >= 4 is 11.6 Å². The van der Waals surface area contributed by atoms with Crippen LogP contribution in [-0.4, -0.2) is 44.9 Å². The fourth-order valence-electron chi connectivity index (χ4n) is 3.00. The highest BCUT2D eigenvalue weighted by atomic mass is 16.3. The Morgan fingerprint density at radius 2 is 2.29 bits per heavy atom. The minimum atomic E-state index is -0.405. The van der Waals surface area contributed by atoms with Crippen LogP contribution >= 0.6 is 0 Å². The number of nitrogens with one attached hydrogen (secondary N) is 1. The maximum absolute atomic E-state index is 12.6. The lowest BCUT2D eigenvalue weighted by atomic mass is 10.1. The zero-order valence-corrected chi connectivity index (χ0v) is 14.2. The monoisotopic (exact) mass is 328 g/mol. The van der Waals surface area contributed by atoms with Gasteiger partial charge in [0.25, 0.3) is 5.91 Å². The first kappa shape index (κ1) is 16.5. The maximum Gasteiger partial charge on any atom is 0.254 e. The molecule has 24 heavy (non-hydrogen) atoms. The second-order valence-electron chi connectivity index (χ2n) is 6.36. The second-order valence-corrected chi connectivity index (χ2v) is 6.36. The highest BCUT2D eigenvalue weighted by Crippen LogP contribution is 2.18. The van der Waals surface area contributed by atoms with Gasteiger partial charge in [-0.05, 0) is 38.0 Å². The van der Waals surface area contributed by atoms with Crippen LogP contribution in [-0.2, 0) is 13.6 Å². The summed E-state index contributed by atoms with van der Waals surface area (Å²) in [4.78, 5) is 14.3. The molecule has 1 amide bonds. The number of aromatic nitrogens is 2. The summed E-state index contributed by atoms with van der Waals surface area (Å²) in [5, 5.41) is 17.3. The Kier molecular flexibility index (Phi) is 4.85. The molecule has 1 saturated heterocycles. The van der Waals surface area contributed by atoms with Crippen molar-refractivity contribution in [2.75, 3.05) is 18.4 Å². The van der Waals surface area contributed by atoms with Gasteiger partial charge in [-0.15, -0.1) is 0 Å². The van der Waals surface area contributed by atoms with Crippen molar-refractivity contribution < 1.29 is 9.90 Å². The number of aryl methyl sites for hydroxylation is 1. The minimum Gasteiger partial charge on any atom is -0.391 e. The third-order valence-electron chi connectivity index (χ3n) is 4.61. The van der Waals surface area contributed by atoms with Gasteiger partial charge in [-0.25, -0.2) is 0 Å². The molecule has 0 bridgehead atoms. The predicted molar refractivity (Wildman–Crippen MR) is 92.9 cm³/mol. The smallest absolute Gasteiger partial charge is 0.254 e. The van der Waals surface area contributed by atoms with Gasteiger partial charge in [-0.3, -0.25) is 9.48 Å². The van der Waals surface area contributed by atoms with Crippen LogP contribution in [0.15, 0.2) is 30.5 Å². The lowest BCUT2D eigenvalue weighted by Crippen LogP contribution is -2.42. The van der Waals surface area contributed by atoms with Crippen LogP contribution in [0, 0.1) is 6.92 Å². The second kappa shape index (κ2) is 7.05. The van der Waals surface area contributed by atoms with E-state index < -0.39 is 6.10 Å². The third kappa shape index (κ3) is 3.59. The number of carbonyl (C=O) groups excluding carboxylic acids is 1. The summed E-state index contributed by atoms with van der Waals surface area (Å²) in [6.07, 6.45) is 3.07. The molecule has 1 atom stereocenters. The van der Waals surface area contributed by atoms with Crippen molar-refractivity contribution in [2.24, 2.45) is 7.05 Å². The SMILES string of the molecule is Cc1c(CNc2cccc(C(=O)N3CCCC(O)C3)c2)cnn1C. The van der Waals surface area contributed by atoms with E-state index in [0.717, 1.165) is 29.8 Å². The topological polar surface area (TPSA) is 70.4 Å². The number of hydrogen-bond donors (Lipinski definition) is 2. The molecule has 128 valence electrons. The lowest BCUT2D eigenvalue weighted by Gasteiger charge is -2.30. The van der Waals surface area contributed by atoms with Crippen LogP contribution in [0.1, 0.15) is 34.5 Å². The summed E-state index contributed by atoms with van der Waals surface area (Å²) in [5.74, 6) is -0.0186. The molecule has 0 saturated carbocycles.